The Morgan fingerprint density at radius 2 is 2.06 bits per heavy atom. The van der Waals surface area contributed by atoms with Gasteiger partial charge in [0.15, 0.2) is 0 Å². The van der Waals surface area contributed by atoms with Crippen molar-refractivity contribution in [1.29, 1.82) is 0 Å². The van der Waals surface area contributed by atoms with Crippen molar-refractivity contribution in [3.63, 3.8) is 0 Å². The largest absolute Gasteiger partial charge is 0.357 e. The Labute approximate surface area is 186 Å². The zero-order valence-corrected chi connectivity index (χ0v) is 18.2. The van der Waals surface area contributed by atoms with Gasteiger partial charge >= 0.3 is 0 Å². The molecule has 1 saturated carbocycles. The number of rotatable bonds is 7. The molecule has 0 bridgehead atoms. The highest BCUT2D eigenvalue weighted by atomic mass is 15.4. The van der Waals surface area contributed by atoms with Crippen LogP contribution in [0.25, 0.3) is 33.1 Å². The van der Waals surface area contributed by atoms with Gasteiger partial charge in [0.2, 0.25) is 0 Å². The summed E-state index contributed by atoms with van der Waals surface area (Å²) in [5.74, 6) is 0.878. The van der Waals surface area contributed by atoms with Crippen LogP contribution in [0.5, 0.6) is 0 Å². The van der Waals surface area contributed by atoms with Gasteiger partial charge in [-0.25, -0.2) is 4.68 Å². The van der Waals surface area contributed by atoms with Crippen LogP contribution in [0, 0.1) is 12.8 Å². The Bertz CT molecular complexity index is 1390. The van der Waals surface area contributed by atoms with E-state index in [2.05, 4.69) is 74.1 Å². The van der Waals surface area contributed by atoms with Gasteiger partial charge in [-0.15, -0.1) is 5.10 Å². The molecular weight excluding hydrogens is 398 g/mol. The van der Waals surface area contributed by atoms with Gasteiger partial charge < -0.3 is 10.3 Å². The predicted octanol–water partition coefficient (Wildman–Crippen LogP) is 4.55. The van der Waals surface area contributed by atoms with Crippen molar-refractivity contribution in [2.24, 2.45) is 5.92 Å². The molecule has 5 aromatic rings. The lowest BCUT2D eigenvalue weighted by molar-refractivity contribution is 0.301. The minimum absolute atomic E-state index is 0.678. The number of aromatic nitrogens is 6. The van der Waals surface area contributed by atoms with E-state index in [0.717, 1.165) is 41.2 Å². The molecule has 6 rings (SSSR count). The van der Waals surface area contributed by atoms with Crippen molar-refractivity contribution in [3.8, 4) is 11.3 Å². The summed E-state index contributed by atoms with van der Waals surface area (Å²) in [5.41, 5.74) is 7.71. The van der Waals surface area contributed by atoms with Crippen LogP contribution in [-0.2, 0) is 13.1 Å². The lowest BCUT2D eigenvalue weighted by Crippen LogP contribution is -2.26. The molecule has 162 valence electrons. The van der Waals surface area contributed by atoms with Gasteiger partial charge in [-0.2, -0.15) is 5.10 Å². The molecule has 0 amide bonds. The molecule has 1 aliphatic carbocycles. The zero-order chi connectivity index (χ0) is 21.5. The van der Waals surface area contributed by atoms with Crippen molar-refractivity contribution < 1.29 is 0 Å². The molecule has 0 spiro atoms. The standard InChI is InChI=1S/C25H27N7/c1-16-7-21(22-13-27-29-24(22)8-16)25-15-32(31-30-25)14-18-5-6-19-10-20(28-23(19)9-18)12-26-11-17-3-2-4-17/h5-10,13,15,17,26,28H,2-4,11-12,14H2,1H3,(H,27,29). The van der Waals surface area contributed by atoms with Crippen LogP contribution in [0.4, 0.5) is 0 Å². The van der Waals surface area contributed by atoms with Crippen LogP contribution in [0.2, 0.25) is 0 Å². The van der Waals surface area contributed by atoms with E-state index in [0.29, 0.717) is 6.54 Å². The number of hydrogen-bond acceptors (Lipinski definition) is 4. The van der Waals surface area contributed by atoms with Crippen LogP contribution in [0.1, 0.15) is 36.1 Å². The summed E-state index contributed by atoms with van der Waals surface area (Å²) in [5, 5.41) is 21.9. The molecule has 0 saturated heterocycles. The minimum Gasteiger partial charge on any atom is -0.357 e. The Morgan fingerprint density at radius 3 is 2.94 bits per heavy atom. The molecule has 32 heavy (non-hydrogen) atoms. The quantitative estimate of drug-likeness (QED) is 0.357. The molecule has 3 heterocycles. The summed E-state index contributed by atoms with van der Waals surface area (Å²) < 4.78 is 1.90. The van der Waals surface area contributed by atoms with E-state index >= 15 is 0 Å². The average molecular weight is 426 g/mol. The fourth-order valence-corrected chi connectivity index (χ4v) is 4.63. The first-order chi connectivity index (χ1) is 15.7. The van der Waals surface area contributed by atoms with Gasteiger partial charge in [-0.1, -0.05) is 23.8 Å². The maximum absolute atomic E-state index is 4.43. The highest BCUT2D eigenvalue weighted by Crippen LogP contribution is 2.28. The van der Waals surface area contributed by atoms with Gasteiger partial charge in [0.05, 0.1) is 24.5 Å². The summed E-state index contributed by atoms with van der Waals surface area (Å²) in [6.45, 7) is 4.78. The second-order valence-corrected chi connectivity index (χ2v) is 9.09. The Hall–Kier alpha value is -3.45. The molecular formula is C25H27N7. The van der Waals surface area contributed by atoms with E-state index in [1.54, 1.807) is 0 Å². The highest BCUT2D eigenvalue weighted by molar-refractivity contribution is 5.93. The Morgan fingerprint density at radius 1 is 1.12 bits per heavy atom. The van der Waals surface area contributed by atoms with Gasteiger partial charge in [-0.3, -0.25) is 5.10 Å². The number of nitrogens with zero attached hydrogens (tertiary/aromatic N) is 4. The third kappa shape index (κ3) is 3.69. The first kappa shape index (κ1) is 19.3. The molecule has 1 fully saturated rings. The van der Waals surface area contributed by atoms with Crippen molar-refractivity contribution >= 4 is 21.8 Å². The van der Waals surface area contributed by atoms with Crippen molar-refractivity contribution in [2.75, 3.05) is 6.54 Å². The molecule has 2 aromatic carbocycles. The van der Waals surface area contributed by atoms with Gasteiger partial charge in [0.1, 0.15) is 5.69 Å². The maximum Gasteiger partial charge on any atom is 0.113 e. The third-order valence-electron chi connectivity index (χ3n) is 6.58. The first-order valence-electron chi connectivity index (χ1n) is 11.4. The lowest BCUT2D eigenvalue weighted by Gasteiger charge is -2.25. The number of benzene rings is 2. The molecule has 7 nitrogen and oxygen atoms in total. The molecule has 0 unspecified atom stereocenters. The number of nitrogens with one attached hydrogen (secondary N) is 3. The number of aromatic amines is 2. The highest BCUT2D eigenvalue weighted by Gasteiger charge is 2.16. The first-order valence-corrected chi connectivity index (χ1v) is 11.4. The number of hydrogen-bond donors (Lipinski definition) is 3. The van der Waals surface area contributed by atoms with Gasteiger partial charge in [0, 0.05) is 28.7 Å². The van der Waals surface area contributed by atoms with Crippen LogP contribution in [0.3, 0.4) is 0 Å². The number of H-pyrrole nitrogens is 2. The summed E-state index contributed by atoms with van der Waals surface area (Å²) >= 11 is 0. The van der Waals surface area contributed by atoms with Crippen LogP contribution in [-0.4, -0.2) is 36.7 Å². The second-order valence-electron chi connectivity index (χ2n) is 9.09. The monoisotopic (exact) mass is 425 g/mol. The molecule has 0 aliphatic heterocycles. The summed E-state index contributed by atoms with van der Waals surface area (Å²) in [6.07, 6.45) is 8.01. The van der Waals surface area contributed by atoms with Gasteiger partial charge in [0.25, 0.3) is 0 Å². The Balaban J connectivity index is 1.19. The van der Waals surface area contributed by atoms with E-state index < -0.39 is 0 Å². The molecule has 3 N–H and O–H groups in total. The van der Waals surface area contributed by atoms with E-state index in [9.17, 15) is 0 Å². The van der Waals surface area contributed by atoms with Crippen molar-refractivity contribution in [3.05, 3.63) is 65.6 Å². The Kier molecular flexibility index (Phi) is 4.76. The van der Waals surface area contributed by atoms with Crippen LogP contribution in [0.15, 0.2) is 48.8 Å². The van der Waals surface area contributed by atoms with E-state index in [1.807, 2.05) is 17.1 Å². The van der Waals surface area contributed by atoms with E-state index in [4.69, 9.17) is 0 Å². The van der Waals surface area contributed by atoms with Gasteiger partial charge in [-0.05, 0) is 73.0 Å². The predicted molar refractivity (Wildman–Crippen MR) is 126 cm³/mol. The fourth-order valence-electron chi connectivity index (χ4n) is 4.63. The SMILES string of the molecule is Cc1cc(-c2cn(Cc3ccc4cc(CNCC5CCC5)[nH]c4c3)nn2)c2cn[nH]c2c1. The molecule has 3 aromatic heterocycles. The molecule has 7 heteroatoms. The van der Waals surface area contributed by atoms with Crippen LogP contribution < -0.4 is 5.32 Å². The van der Waals surface area contributed by atoms with Crippen molar-refractivity contribution in [2.45, 2.75) is 39.3 Å². The topological polar surface area (TPSA) is 87.2 Å². The maximum atomic E-state index is 4.43. The zero-order valence-electron chi connectivity index (χ0n) is 18.2. The summed E-state index contributed by atoms with van der Waals surface area (Å²) in [6, 6.07) is 13.0. The summed E-state index contributed by atoms with van der Waals surface area (Å²) in [4.78, 5) is 3.57. The van der Waals surface area contributed by atoms with Crippen molar-refractivity contribution in [1.82, 2.24) is 35.5 Å². The fraction of sp³-hybridized carbons (Fsp3) is 0.320. The van der Waals surface area contributed by atoms with Crippen LogP contribution >= 0.6 is 0 Å². The third-order valence-corrected chi connectivity index (χ3v) is 6.58. The minimum atomic E-state index is 0.678. The smallest absolute Gasteiger partial charge is 0.113 e. The number of fused-ring (bicyclic) bond motifs is 2. The van der Waals surface area contributed by atoms with E-state index in [1.165, 1.54) is 47.0 Å². The summed E-state index contributed by atoms with van der Waals surface area (Å²) in [7, 11) is 0. The molecule has 0 atom stereocenters. The molecule has 0 radical (unpaired) electrons. The average Bonchev–Trinajstić information content (AvgIpc) is 3.48. The second kappa shape index (κ2) is 7.91. The van der Waals surface area contributed by atoms with E-state index in [-0.39, 0.29) is 0 Å². The molecule has 1 aliphatic rings. The normalized spacial score (nSPS) is 14.4. The lowest BCUT2D eigenvalue weighted by atomic mass is 9.85. The number of aryl methyl sites for hydroxylation is 1.